The van der Waals surface area contributed by atoms with Crippen molar-refractivity contribution in [2.45, 2.75) is 31.0 Å². The third-order valence-corrected chi connectivity index (χ3v) is 6.90. The number of hydrogen-bond acceptors (Lipinski definition) is 5. The number of halogens is 3. The van der Waals surface area contributed by atoms with E-state index < -0.39 is 16.4 Å². The van der Waals surface area contributed by atoms with Crippen LogP contribution in [0.3, 0.4) is 0 Å². The Morgan fingerprint density at radius 3 is 2.25 bits per heavy atom. The Hall–Kier alpha value is -2.92. The molecule has 0 radical (unpaired) electrons. The molecule has 0 atom stereocenters. The zero-order valence-corrected chi connectivity index (χ0v) is 18.0. The minimum atomic E-state index is -4.77. The van der Waals surface area contributed by atoms with Gasteiger partial charge in [0.2, 0.25) is 15.9 Å². The van der Waals surface area contributed by atoms with Crippen molar-refractivity contribution in [2.24, 2.45) is 11.0 Å². The van der Waals surface area contributed by atoms with Crippen LogP contribution in [0.15, 0.2) is 58.5 Å². The van der Waals surface area contributed by atoms with Gasteiger partial charge in [-0.2, -0.15) is 9.41 Å². The first-order valence-electron chi connectivity index (χ1n) is 9.80. The zero-order chi connectivity index (χ0) is 23.4. The fourth-order valence-corrected chi connectivity index (χ4v) is 4.70. The van der Waals surface area contributed by atoms with Gasteiger partial charge in [-0.05, 0) is 61.7 Å². The zero-order valence-electron chi connectivity index (χ0n) is 17.2. The Bertz CT molecular complexity index is 1060. The normalized spacial score (nSPS) is 16.2. The molecular formula is C21H22F3N3O4S. The molecule has 1 saturated heterocycles. The van der Waals surface area contributed by atoms with Crippen molar-refractivity contribution >= 4 is 22.1 Å². The number of ether oxygens (including phenoxy) is 1. The summed E-state index contributed by atoms with van der Waals surface area (Å²) < 4.78 is 67.1. The largest absolute Gasteiger partial charge is 0.573 e. The van der Waals surface area contributed by atoms with Gasteiger partial charge in [-0.15, -0.1) is 13.2 Å². The summed E-state index contributed by atoms with van der Waals surface area (Å²) in [6.07, 6.45) is -2.75. The van der Waals surface area contributed by atoms with Crippen molar-refractivity contribution < 1.29 is 31.1 Å². The molecule has 0 spiro atoms. The predicted molar refractivity (Wildman–Crippen MR) is 112 cm³/mol. The molecular weight excluding hydrogens is 447 g/mol. The molecule has 0 aromatic heterocycles. The third kappa shape index (κ3) is 6.30. The molecule has 2 aromatic carbocycles. The van der Waals surface area contributed by atoms with Gasteiger partial charge in [0, 0.05) is 19.0 Å². The molecule has 1 fully saturated rings. The standard InChI is InChI=1S/C21H22F3N3O4S/c1-15-2-8-19(9-3-15)32(29,30)27-12-10-17(11-13-27)20(28)26-25-14-16-4-6-18(7-5-16)31-21(22,23)24/h2-9,14,17H,10-13H2,1H3,(H,26,28). The molecule has 0 aliphatic carbocycles. The quantitative estimate of drug-likeness (QED) is 0.519. The molecule has 172 valence electrons. The summed E-state index contributed by atoms with van der Waals surface area (Å²) >= 11 is 0. The lowest BCUT2D eigenvalue weighted by Gasteiger charge is -2.30. The van der Waals surface area contributed by atoms with Gasteiger partial charge < -0.3 is 4.74 Å². The van der Waals surface area contributed by atoms with E-state index in [2.05, 4.69) is 15.3 Å². The van der Waals surface area contributed by atoms with Crippen molar-refractivity contribution in [3.8, 4) is 5.75 Å². The van der Waals surface area contributed by atoms with Gasteiger partial charge in [0.05, 0.1) is 11.1 Å². The van der Waals surface area contributed by atoms with Crippen molar-refractivity contribution in [2.75, 3.05) is 13.1 Å². The molecule has 2 aromatic rings. The average molecular weight is 469 g/mol. The van der Waals surface area contributed by atoms with Gasteiger partial charge in [0.15, 0.2) is 0 Å². The first kappa shape index (κ1) is 23.7. The Balaban J connectivity index is 1.50. The Kier molecular flexibility index (Phi) is 7.19. The summed E-state index contributed by atoms with van der Waals surface area (Å²) in [4.78, 5) is 12.5. The van der Waals surface area contributed by atoms with Crippen LogP contribution in [-0.2, 0) is 14.8 Å². The summed E-state index contributed by atoms with van der Waals surface area (Å²) in [6.45, 7) is 2.32. The summed E-state index contributed by atoms with van der Waals surface area (Å²) in [5.41, 5.74) is 3.83. The van der Waals surface area contributed by atoms with E-state index in [9.17, 15) is 26.4 Å². The van der Waals surface area contributed by atoms with E-state index in [1.807, 2.05) is 6.92 Å². The molecule has 0 bridgehead atoms. The summed E-state index contributed by atoms with van der Waals surface area (Å²) in [5.74, 6) is -1.09. The Labute approximate surface area is 183 Å². The molecule has 1 aliphatic heterocycles. The molecule has 0 unspecified atom stereocenters. The Morgan fingerprint density at radius 1 is 1.09 bits per heavy atom. The number of carbonyl (C=O) groups is 1. The van der Waals surface area contributed by atoms with Gasteiger partial charge in [-0.25, -0.2) is 13.8 Å². The molecule has 0 saturated carbocycles. The van der Waals surface area contributed by atoms with E-state index in [0.29, 0.717) is 18.4 Å². The number of rotatable bonds is 6. The summed E-state index contributed by atoms with van der Waals surface area (Å²) in [7, 11) is -3.60. The molecule has 1 heterocycles. The SMILES string of the molecule is Cc1ccc(S(=O)(=O)N2CCC(C(=O)NN=Cc3ccc(OC(F)(F)F)cc3)CC2)cc1. The van der Waals surface area contributed by atoms with Gasteiger partial charge in [0.25, 0.3) is 0 Å². The number of amides is 1. The van der Waals surface area contributed by atoms with Gasteiger partial charge in [-0.3, -0.25) is 4.79 Å². The smallest absolute Gasteiger partial charge is 0.406 e. The first-order valence-corrected chi connectivity index (χ1v) is 11.2. The molecule has 1 aliphatic rings. The number of aryl methyl sites for hydroxylation is 1. The monoisotopic (exact) mass is 469 g/mol. The molecule has 3 rings (SSSR count). The van der Waals surface area contributed by atoms with E-state index in [4.69, 9.17) is 0 Å². The molecule has 11 heteroatoms. The predicted octanol–water partition coefficient (Wildman–Crippen LogP) is 3.44. The number of piperidine rings is 1. The van der Waals surface area contributed by atoms with Crippen LogP contribution in [0.25, 0.3) is 0 Å². The maximum Gasteiger partial charge on any atom is 0.573 e. The van der Waals surface area contributed by atoms with Crippen LogP contribution in [0, 0.1) is 12.8 Å². The van der Waals surface area contributed by atoms with Crippen molar-refractivity contribution in [3.05, 3.63) is 59.7 Å². The lowest BCUT2D eigenvalue weighted by Crippen LogP contribution is -2.42. The Morgan fingerprint density at radius 2 is 1.69 bits per heavy atom. The number of hydrogen-bond donors (Lipinski definition) is 1. The van der Waals surface area contributed by atoms with Crippen molar-refractivity contribution in [3.63, 3.8) is 0 Å². The van der Waals surface area contributed by atoms with Crippen LogP contribution in [0.1, 0.15) is 24.0 Å². The van der Waals surface area contributed by atoms with Crippen LogP contribution >= 0.6 is 0 Å². The van der Waals surface area contributed by atoms with Crippen LogP contribution in [0.5, 0.6) is 5.75 Å². The van der Waals surface area contributed by atoms with E-state index >= 15 is 0 Å². The number of carbonyl (C=O) groups excluding carboxylic acids is 1. The highest BCUT2D eigenvalue weighted by Gasteiger charge is 2.32. The van der Waals surface area contributed by atoms with E-state index in [1.165, 1.54) is 22.7 Å². The number of sulfonamides is 1. The van der Waals surface area contributed by atoms with Crippen LogP contribution in [-0.4, -0.2) is 44.3 Å². The number of benzene rings is 2. The second-order valence-electron chi connectivity index (χ2n) is 7.34. The highest BCUT2D eigenvalue weighted by molar-refractivity contribution is 7.89. The average Bonchev–Trinajstić information content (AvgIpc) is 2.74. The third-order valence-electron chi connectivity index (χ3n) is 4.99. The number of hydrazone groups is 1. The van der Waals surface area contributed by atoms with Gasteiger partial charge in [-0.1, -0.05) is 17.7 Å². The maximum absolute atomic E-state index is 12.7. The van der Waals surface area contributed by atoms with Gasteiger partial charge in [0.1, 0.15) is 5.75 Å². The highest BCUT2D eigenvalue weighted by atomic mass is 32.2. The van der Waals surface area contributed by atoms with Crippen molar-refractivity contribution in [1.82, 2.24) is 9.73 Å². The second-order valence-corrected chi connectivity index (χ2v) is 9.28. The molecule has 1 N–H and O–H groups in total. The number of nitrogens with zero attached hydrogens (tertiary/aromatic N) is 2. The fraction of sp³-hybridized carbons (Fsp3) is 0.333. The lowest BCUT2D eigenvalue weighted by molar-refractivity contribution is -0.274. The second kappa shape index (κ2) is 9.70. The van der Waals surface area contributed by atoms with Crippen LogP contribution in [0.4, 0.5) is 13.2 Å². The van der Waals surface area contributed by atoms with Gasteiger partial charge >= 0.3 is 6.36 Å². The van der Waals surface area contributed by atoms with Crippen LogP contribution in [0.2, 0.25) is 0 Å². The molecule has 1 amide bonds. The molecule has 7 nitrogen and oxygen atoms in total. The number of alkyl halides is 3. The maximum atomic E-state index is 12.7. The minimum absolute atomic E-state index is 0.221. The molecule has 32 heavy (non-hydrogen) atoms. The summed E-state index contributed by atoms with van der Waals surface area (Å²) in [5, 5.41) is 3.83. The first-order chi connectivity index (χ1) is 15.0. The van der Waals surface area contributed by atoms with E-state index in [0.717, 1.165) is 17.7 Å². The fourth-order valence-electron chi connectivity index (χ4n) is 3.23. The lowest BCUT2D eigenvalue weighted by atomic mass is 9.98. The summed E-state index contributed by atoms with van der Waals surface area (Å²) in [6, 6.07) is 11.6. The topological polar surface area (TPSA) is 88.1 Å². The number of nitrogens with one attached hydrogen (secondary N) is 1. The van der Waals surface area contributed by atoms with Crippen LogP contribution < -0.4 is 10.2 Å². The minimum Gasteiger partial charge on any atom is -0.406 e. The van der Waals surface area contributed by atoms with E-state index in [-0.39, 0.29) is 35.6 Å². The van der Waals surface area contributed by atoms with E-state index in [1.54, 1.807) is 24.3 Å². The van der Waals surface area contributed by atoms with Crippen molar-refractivity contribution in [1.29, 1.82) is 0 Å². The highest BCUT2D eigenvalue weighted by Crippen LogP contribution is 2.24.